The molecule has 110 valence electrons. The van der Waals surface area contributed by atoms with Crippen LogP contribution in [0.5, 0.6) is 11.5 Å². The minimum absolute atomic E-state index is 0.0110. The van der Waals surface area contributed by atoms with Gasteiger partial charge in [-0.05, 0) is 24.3 Å². The molecule has 2 aromatic rings. The van der Waals surface area contributed by atoms with Crippen LogP contribution in [0.3, 0.4) is 0 Å². The first-order chi connectivity index (χ1) is 10.1. The maximum atomic E-state index is 13.8. The molecule has 0 heterocycles. The quantitative estimate of drug-likeness (QED) is 0.831. The molecule has 0 amide bonds. The smallest absolute Gasteiger partial charge is 0.145 e. The molecule has 0 fully saturated rings. The van der Waals surface area contributed by atoms with Crippen LogP contribution in [0.25, 0.3) is 0 Å². The number of halogens is 1. The van der Waals surface area contributed by atoms with Gasteiger partial charge in [-0.1, -0.05) is 18.3 Å². The van der Waals surface area contributed by atoms with Crippen LogP contribution in [-0.4, -0.2) is 19.2 Å². The van der Waals surface area contributed by atoms with Crippen LogP contribution in [0.15, 0.2) is 36.4 Å². The lowest BCUT2D eigenvalue weighted by atomic mass is 10.1. The lowest BCUT2D eigenvalue weighted by Gasteiger charge is -2.15. The van der Waals surface area contributed by atoms with Crippen LogP contribution in [0.2, 0.25) is 0 Å². The zero-order valence-electron chi connectivity index (χ0n) is 11.6. The molecule has 0 saturated carbocycles. The third-order valence-electron chi connectivity index (χ3n) is 2.94. The number of nitrogens with one attached hydrogen (secondary N) is 1. The Hall–Kier alpha value is -2.34. The Morgan fingerprint density at radius 3 is 2.52 bits per heavy atom. The fourth-order valence-electron chi connectivity index (χ4n) is 1.93. The van der Waals surface area contributed by atoms with Gasteiger partial charge in [-0.2, -0.15) is 0 Å². The highest BCUT2D eigenvalue weighted by Crippen LogP contribution is 2.32. The lowest BCUT2D eigenvalue weighted by Crippen LogP contribution is -2.14. The molecule has 21 heavy (non-hydrogen) atoms. The summed E-state index contributed by atoms with van der Waals surface area (Å²) >= 11 is 4.90. The third-order valence-corrected chi connectivity index (χ3v) is 3.14. The predicted molar refractivity (Wildman–Crippen MR) is 85.1 cm³/mol. The Morgan fingerprint density at radius 1 is 1.14 bits per heavy atom. The molecule has 0 atom stereocenters. The molecule has 0 bridgehead atoms. The fraction of sp³-hybridized carbons (Fsp3) is 0.133. The Morgan fingerprint density at radius 2 is 1.90 bits per heavy atom. The first kappa shape index (κ1) is 15.1. The van der Waals surface area contributed by atoms with E-state index in [4.69, 9.17) is 27.4 Å². The summed E-state index contributed by atoms with van der Waals surface area (Å²) in [6.45, 7) is 0. The van der Waals surface area contributed by atoms with Gasteiger partial charge in [0, 0.05) is 6.07 Å². The zero-order chi connectivity index (χ0) is 15.4. The van der Waals surface area contributed by atoms with Crippen molar-refractivity contribution in [3.63, 3.8) is 0 Å². The Kier molecular flexibility index (Phi) is 4.59. The zero-order valence-corrected chi connectivity index (χ0v) is 12.5. The van der Waals surface area contributed by atoms with Crippen molar-refractivity contribution in [2.24, 2.45) is 5.73 Å². The van der Waals surface area contributed by atoms with E-state index < -0.39 is 5.82 Å². The highest BCUT2D eigenvalue weighted by atomic mass is 32.1. The Bertz CT molecular complexity index is 677. The summed E-state index contributed by atoms with van der Waals surface area (Å²) in [4.78, 5) is -0.0110. The molecule has 0 aliphatic rings. The summed E-state index contributed by atoms with van der Waals surface area (Å²) in [7, 11) is 3.11. The molecule has 2 rings (SSSR count). The van der Waals surface area contributed by atoms with E-state index in [9.17, 15) is 4.39 Å². The van der Waals surface area contributed by atoms with Gasteiger partial charge in [0.05, 0.1) is 31.2 Å². The van der Waals surface area contributed by atoms with E-state index in [1.807, 2.05) is 0 Å². The van der Waals surface area contributed by atoms with Crippen LogP contribution in [0, 0.1) is 5.82 Å². The molecule has 0 aliphatic carbocycles. The third kappa shape index (κ3) is 3.22. The largest absolute Gasteiger partial charge is 0.497 e. The number of anilines is 2. The van der Waals surface area contributed by atoms with Crippen LogP contribution < -0.4 is 20.5 Å². The number of ether oxygens (including phenoxy) is 2. The molecule has 0 saturated heterocycles. The van der Waals surface area contributed by atoms with Crippen molar-refractivity contribution in [1.82, 2.24) is 0 Å². The maximum Gasteiger partial charge on any atom is 0.145 e. The molecule has 0 aromatic heterocycles. The molecule has 6 heteroatoms. The number of rotatable bonds is 5. The van der Waals surface area contributed by atoms with Gasteiger partial charge in [-0.3, -0.25) is 0 Å². The van der Waals surface area contributed by atoms with Crippen LogP contribution >= 0.6 is 12.2 Å². The van der Waals surface area contributed by atoms with Gasteiger partial charge in [-0.25, -0.2) is 4.39 Å². The number of benzene rings is 2. The fourth-order valence-corrected chi connectivity index (χ4v) is 2.13. The Balaban J connectivity index is 2.43. The summed E-state index contributed by atoms with van der Waals surface area (Å²) in [5.74, 6) is 0.749. The van der Waals surface area contributed by atoms with Gasteiger partial charge in [0.15, 0.2) is 0 Å². The van der Waals surface area contributed by atoms with E-state index in [0.29, 0.717) is 22.9 Å². The lowest BCUT2D eigenvalue weighted by molar-refractivity contribution is 0.395. The van der Waals surface area contributed by atoms with Crippen molar-refractivity contribution in [3.8, 4) is 11.5 Å². The van der Waals surface area contributed by atoms with Gasteiger partial charge in [0.2, 0.25) is 0 Å². The van der Waals surface area contributed by atoms with E-state index in [1.54, 1.807) is 44.6 Å². The molecule has 0 radical (unpaired) electrons. The second kappa shape index (κ2) is 6.41. The number of hydrogen-bond acceptors (Lipinski definition) is 4. The van der Waals surface area contributed by atoms with Crippen LogP contribution in [0.4, 0.5) is 15.8 Å². The molecule has 0 unspecified atom stereocenters. The number of hydrogen-bond donors (Lipinski definition) is 2. The van der Waals surface area contributed by atoms with Gasteiger partial charge >= 0.3 is 0 Å². The number of methoxy groups -OCH3 is 2. The number of thiocarbonyl (C=S) groups is 1. The van der Waals surface area contributed by atoms with E-state index in [0.717, 1.165) is 0 Å². The predicted octanol–water partition coefficient (Wildman–Crippen LogP) is 3.22. The van der Waals surface area contributed by atoms with Crippen molar-refractivity contribution in [2.75, 3.05) is 19.5 Å². The minimum Gasteiger partial charge on any atom is -0.497 e. The average Bonchev–Trinajstić information content (AvgIpc) is 2.47. The van der Waals surface area contributed by atoms with Crippen LogP contribution in [0.1, 0.15) is 5.56 Å². The molecule has 2 aromatic carbocycles. The summed E-state index contributed by atoms with van der Waals surface area (Å²) < 4.78 is 24.3. The molecular formula is C15H15FN2O2S. The second-order valence-electron chi connectivity index (χ2n) is 4.22. The normalized spacial score (nSPS) is 10.0. The molecule has 0 aliphatic heterocycles. The highest BCUT2D eigenvalue weighted by molar-refractivity contribution is 7.80. The van der Waals surface area contributed by atoms with Crippen molar-refractivity contribution in [2.45, 2.75) is 0 Å². The molecule has 3 N–H and O–H groups in total. The van der Waals surface area contributed by atoms with Gasteiger partial charge in [0.25, 0.3) is 0 Å². The standard InChI is InChI=1S/C15H15FN2O2S/c1-19-9-6-7-11(13(8-9)20-2)18-12-5-3-4-10(16)14(12)15(17)21/h3-8,18H,1-2H3,(H2,17,21). The van der Waals surface area contributed by atoms with Crippen molar-refractivity contribution >= 4 is 28.6 Å². The van der Waals surface area contributed by atoms with Crippen molar-refractivity contribution < 1.29 is 13.9 Å². The Labute approximate surface area is 127 Å². The van der Waals surface area contributed by atoms with E-state index in [2.05, 4.69) is 5.32 Å². The summed E-state index contributed by atoms with van der Waals surface area (Å²) in [5.41, 5.74) is 6.89. The van der Waals surface area contributed by atoms with Gasteiger partial charge in [-0.15, -0.1) is 0 Å². The van der Waals surface area contributed by atoms with E-state index in [1.165, 1.54) is 6.07 Å². The number of nitrogens with two attached hydrogens (primary N) is 1. The van der Waals surface area contributed by atoms with Gasteiger partial charge in [0.1, 0.15) is 22.3 Å². The molecule has 0 spiro atoms. The topological polar surface area (TPSA) is 56.5 Å². The first-order valence-electron chi connectivity index (χ1n) is 6.14. The SMILES string of the molecule is COc1ccc(Nc2cccc(F)c2C(N)=S)c(OC)c1. The minimum atomic E-state index is -0.472. The van der Waals surface area contributed by atoms with Gasteiger partial charge < -0.3 is 20.5 Å². The molecule has 4 nitrogen and oxygen atoms in total. The van der Waals surface area contributed by atoms with E-state index in [-0.39, 0.29) is 10.6 Å². The summed E-state index contributed by atoms with van der Waals surface area (Å²) in [5, 5.41) is 3.08. The monoisotopic (exact) mass is 306 g/mol. The maximum absolute atomic E-state index is 13.8. The van der Waals surface area contributed by atoms with Crippen LogP contribution in [-0.2, 0) is 0 Å². The summed E-state index contributed by atoms with van der Waals surface area (Å²) in [6.07, 6.45) is 0. The van der Waals surface area contributed by atoms with Crippen molar-refractivity contribution in [1.29, 1.82) is 0 Å². The molecular weight excluding hydrogens is 291 g/mol. The second-order valence-corrected chi connectivity index (χ2v) is 4.66. The highest BCUT2D eigenvalue weighted by Gasteiger charge is 2.13. The summed E-state index contributed by atoms with van der Waals surface area (Å²) in [6, 6.07) is 9.85. The average molecular weight is 306 g/mol. The first-order valence-corrected chi connectivity index (χ1v) is 6.55. The van der Waals surface area contributed by atoms with E-state index >= 15 is 0 Å². The van der Waals surface area contributed by atoms with Crippen molar-refractivity contribution in [3.05, 3.63) is 47.8 Å².